The van der Waals surface area contributed by atoms with Crippen molar-refractivity contribution in [3.63, 3.8) is 0 Å². The molecule has 5 N–H and O–H groups in total. The highest BCUT2D eigenvalue weighted by Gasteiger charge is 2.32. The molecule has 0 spiro atoms. The third-order valence-electron chi connectivity index (χ3n) is 8.43. The van der Waals surface area contributed by atoms with Crippen molar-refractivity contribution in [3.05, 3.63) is 89.5 Å². The monoisotopic (exact) mass is 633 g/mol. The van der Waals surface area contributed by atoms with Crippen molar-refractivity contribution in [2.45, 2.75) is 62.8 Å². The largest absolute Gasteiger partial charge is 0.409 e. The summed E-state index contributed by atoms with van der Waals surface area (Å²) in [5.74, 6) is 0.0413. The summed E-state index contributed by atoms with van der Waals surface area (Å²) < 4.78 is 30.3. The molecule has 0 aliphatic carbocycles. The summed E-state index contributed by atoms with van der Waals surface area (Å²) in [7, 11) is -2.47. The number of oxime groups is 1. The van der Waals surface area contributed by atoms with Gasteiger partial charge in [-0.25, -0.2) is 8.42 Å². The number of nitrogens with two attached hydrogens (primary N) is 1. The van der Waals surface area contributed by atoms with Crippen molar-refractivity contribution < 1.29 is 23.2 Å². The van der Waals surface area contributed by atoms with Crippen molar-refractivity contribution in [1.29, 1.82) is 0 Å². The second-order valence-corrected chi connectivity index (χ2v) is 13.2. The number of rotatable bonds is 13. The van der Waals surface area contributed by atoms with E-state index >= 15 is 0 Å². The van der Waals surface area contributed by atoms with E-state index in [-0.39, 0.29) is 29.0 Å². The van der Waals surface area contributed by atoms with Crippen molar-refractivity contribution in [3.8, 4) is 11.1 Å². The molecule has 0 radical (unpaired) electrons. The lowest BCUT2D eigenvalue weighted by atomic mass is 9.91. The lowest BCUT2D eigenvalue weighted by Crippen LogP contribution is -2.51. The molecule has 0 unspecified atom stereocenters. The fourth-order valence-electron chi connectivity index (χ4n) is 5.70. The van der Waals surface area contributed by atoms with E-state index in [2.05, 4.69) is 22.1 Å². The molecule has 3 aromatic rings. The van der Waals surface area contributed by atoms with Gasteiger partial charge in [0.05, 0.1) is 4.90 Å². The second kappa shape index (κ2) is 15.7. The van der Waals surface area contributed by atoms with Crippen LogP contribution in [0.1, 0.15) is 55.7 Å². The normalized spacial score (nSPS) is 15.1. The van der Waals surface area contributed by atoms with E-state index in [0.717, 1.165) is 43.2 Å². The number of carbonyl (C=O) groups is 2. The molecule has 1 heterocycles. The van der Waals surface area contributed by atoms with Gasteiger partial charge in [0.1, 0.15) is 6.04 Å². The average molecular weight is 634 g/mol. The molecule has 11 heteroatoms. The number of hydrogen-bond acceptors (Lipinski definition) is 6. The van der Waals surface area contributed by atoms with E-state index < -0.39 is 16.1 Å². The van der Waals surface area contributed by atoms with Gasteiger partial charge in [-0.3, -0.25) is 9.59 Å². The number of amides is 2. The Morgan fingerprint density at radius 2 is 1.71 bits per heavy atom. The maximum atomic E-state index is 13.9. The molecule has 2 amide bonds. The van der Waals surface area contributed by atoms with Gasteiger partial charge in [0.15, 0.2) is 5.84 Å². The molecule has 0 saturated carbocycles. The van der Waals surface area contributed by atoms with Gasteiger partial charge in [-0.2, -0.15) is 4.72 Å². The summed E-state index contributed by atoms with van der Waals surface area (Å²) in [6.45, 7) is 3.10. The summed E-state index contributed by atoms with van der Waals surface area (Å²) in [5.41, 5.74) is 9.76. The van der Waals surface area contributed by atoms with Crippen LogP contribution in [0.4, 0.5) is 0 Å². The predicted octanol–water partition coefficient (Wildman–Crippen LogP) is 4.06. The van der Waals surface area contributed by atoms with Gasteiger partial charge >= 0.3 is 0 Å². The number of hydrogen-bond donors (Lipinski definition) is 4. The van der Waals surface area contributed by atoms with Crippen LogP contribution in [-0.2, 0) is 32.5 Å². The number of amidine groups is 1. The molecular formula is C34H43N5O5S. The Balaban J connectivity index is 1.54. The van der Waals surface area contributed by atoms with Crippen LogP contribution in [-0.4, -0.2) is 62.4 Å². The topological polar surface area (TPSA) is 154 Å². The standard InChI is InChI=1S/C34H43N5O5S/c1-3-24-13-15-27(16-14-24)28-9-6-11-30(23-28)45(43,44)38-31(22-26-8-4-10-29(21-26)33(35)37-42)34(41)39-19-17-25(18-20-39)7-5-12-32(40)36-2/h4,6,8-11,13-16,21,23,25,31,38,42H,3,5,7,12,17-20,22H2,1-2H3,(H2,35,37)(H,36,40)/t31-/m1/s1. The minimum Gasteiger partial charge on any atom is -0.409 e. The summed E-state index contributed by atoms with van der Waals surface area (Å²) >= 11 is 0. The van der Waals surface area contributed by atoms with Crippen LogP contribution in [0.15, 0.2) is 82.8 Å². The maximum absolute atomic E-state index is 13.9. The molecular weight excluding hydrogens is 590 g/mol. The van der Waals surface area contributed by atoms with Crippen molar-refractivity contribution in [1.82, 2.24) is 14.9 Å². The Morgan fingerprint density at radius 3 is 2.38 bits per heavy atom. The van der Waals surface area contributed by atoms with Crippen LogP contribution >= 0.6 is 0 Å². The van der Waals surface area contributed by atoms with Crippen LogP contribution < -0.4 is 15.8 Å². The first-order chi connectivity index (χ1) is 21.6. The predicted molar refractivity (Wildman–Crippen MR) is 175 cm³/mol. The van der Waals surface area contributed by atoms with E-state index in [0.29, 0.717) is 36.6 Å². The first kappa shape index (κ1) is 33.7. The highest BCUT2D eigenvalue weighted by molar-refractivity contribution is 7.89. The number of sulfonamides is 1. The van der Waals surface area contributed by atoms with Gasteiger partial charge in [0, 0.05) is 32.1 Å². The Labute approximate surface area is 265 Å². The van der Waals surface area contributed by atoms with E-state index in [1.54, 1.807) is 48.3 Å². The highest BCUT2D eigenvalue weighted by atomic mass is 32.2. The Kier molecular flexibility index (Phi) is 11.7. The molecule has 1 atom stereocenters. The fourth-order valence-corrected chi connectivity index (χ4v) is 6.93. The Morgan fingerprint density at radius 1 is 1.00 bits per heavy atom. The molecule has 0 aromatic heterocycles. The SMILES string of the molecule is CCc1ccc(-c2cccc(S(=O)(=O)N[C@H](Cc3cccc(/C(N)=N/O)c3)C(=O)N3CCC(CCCC(=O)NC)CC3)c2)cc1. The minimum absolute atomic E-state index is 0.0220. The number of piperidine rings is 1. The third kappa shape index (κ3) is 9.15. The van der Waals surface area contributed by atoms with Gasteiger partial charge in [-0.15, -0.1) is 0 Å². The van der Waals surface area contributed by atoms with Gasteiger partial charge in [0.25, 0.3) is 0 Å². The van der Waals surface area contributed by atoms with Crippen LogP contribution in [0.25, 0.3) is 11.1 Å². The van der Waals surface area contributed by atoms with Crippen LogP contribution in [0.2, 0.25) is 0 Å². The van der Waals surface area contributed by atoms with Crippen molar-refractivity contribution in [2.75, 3.05) is 20.1 Å². The number of nitrogens with zero attached hydrogens (tertiary/aromatic N) is 2. The Bertz CT molecular complexity index is 1600. The minimum atomic E-state index is -4.09. The molecule has 4 rings (SSSR count). The van der Waals surface area contributed by atoms with Crippen molar-refractivity contribution >= 4 is 27.7 Å². The first-order valence-corrected chi connectivity index (χ1v) is 16.9. The van der Waals surface area contributed by atoms with Crippen molar-refractivity contribution in [2.24, 2.45) is 16.8 Å². The van der Waals surface area contributed by atoms with Gasteiger partial charge in [-0.05, 0) is 84.9 Å². The Hall–Kier alpha value is -4.22. The summed E-state index contributed by atoms with van der Waals surface area (Å²) in [4.78, 5) is 27.3. The number of benzene rings is 3. The quantitative estimate of drug-likeness (QED) is 0.0964. The average Bonchev–Trinajstić information content (AvgIpc) is 3.07. The summed E-state index contributed by atoms with van der Waals surface area (Å²) in [6, 6.07) is 20.5. The van der Waals surface area contributed by atoms with Crippen LogP contribution in [0, 0.1) is 5.92 Å². The van der Waals surface area contributed by atoms with E-state index in [4.69, 9.17) is 10.9 Å². The number of likely N-dealkylation sites (tertiary alicyclic amines) is 1. The molecule has 45 heavy (non-hydrogen) atoms. The number of carbonyl (C=O) groups excluding carboxylic acids is 2. The third-order valence-corrected chi connectivity index (χ3v) is 9.90. The lowest BCUT2D eigenvalue weighted by Gasteiger charge is -2.34. The lowest BCUT2D eigenvalue weighted by molar-refractivity contribution is -0.134. The number of aryl methyl sites for hydroxylation is 1. The first-order valence-electron chi connectivity index (χ1n) is 15.4. The molecule has 10 nitrogen and oxygen atoms in total. The molecule has 1 aliphatic heterocycles. The van der Waals surface area contributed by atoms with Gasteiger partial charge < -0.3 is 21.2 Å². The molecule has 3 aromatic carbocycles. The summed E-state index contributed by atoms with van der Waals surface area (Å²) in [6.07, 6.45) is 4.74. The van der Waals surface area contributed by atoms with E-state index in [1.165, 1.54) is 11.6 Å². The molecule has 1 saturated heterocycles. The zero-order chi connectivity index (χ0) is 32.4. The zero-order valence-corrected chi connectivity index (χ0v) is 26.7. The second-order valence-electron chi connectivity index (χ2n) is 11.5. The number of nitrogens with one attached hydrogen (secondary N) is 2. The maximum Gasteiger partial charge on any atom is 0.241 e. The fraction of sp³-hybridized carbons (Fsp3) is 0.382. The van der Waals surface area contributed by atoms with Crippen LogP contribution in [0.3, 0.4) is 0 Å². The van der Waals surface area contributed by atoms with E-state index in [9.17, 15) is 18.0 Å². The van der Waals surface area contributed by atoms with Gasteiger partial charge in [0.2, 0.25) is 21.8 Å². The summed E-state index contributed by atoms with van der Waals surface area (Å²) in [5, 5.41) is 14.8. The van der Waals surface area contributed by atoms with Crippen LogP contribution in [0.5, 0.6) is 0 Å². The molecule has 0 bridgehead atoms. The molecule has 1 aliphatic rings. The van der Waals surface area contributed by atoms with E-state index in [1.807, 2.05) is 30.3 Å². The smallest absolute Gasteiger partial charge is 0.241 e. The molecule has 240 valence electrons. The zero-order valence-electron chi connectivity index (χ0n) is 25.9. The van der Waals surface area contributed by atoms with Gasteiger partial charge in [-0.1, -0.05) is 66.7 Å². The molecule has 1 fully saturated rings. The highest BCUT2D eigenvalue weighted by Crippen LogP contribution is 2.26.